The Labute approximate surface area is 89.9 Å². The molecule has 0 N–H and O–H groups in total. The molecule has 0 amide bonds. The second kappa shape index (κ2) is 3.28. The molecule has 1 nitrogen and oxygen atoms in total. The number of fused-ring (bicyclic) bond motifs is 1. The lowest BCUT2D eigenvalue weighted by Gasteiger charge is -2.01. The molecule has 0 fully saturated rings. The molecule has 1 heterocycles. The summed E-state index contributed by atoms with van der Waals surface area (Å²) in [4.78, 5) is 4.28. The van der Waals surface area contributed by atoms with Gasteiger partial charge in [0.15, 0.2) is 0 Å². The topological polar surface area (TPSA) is 12.9 Å². The smallest absolute Gasteiger partial charge is 0.0706 e. The van der Waals surface area contributed by atoms with Gasteiger partial charge in [0.05, 0.1) is 5.52 Å². The fraction of sp³-hybridized carbons (Fsp3) is 0.100. The highest BCUT2D eigenvalue weighted by Crippen LogP contribution is 2.24. The van der Waals surface area contributed by atoms with Crippen LogP contribution in [0.5, 0.6) is 0 Å². The molecule has 2 rings (SSSR count). The van der Waals surface area contributed by atoms with Gasteiger partial charge in [0, 0.05) is 21.1 Å². The number of pyridine rings is 1. The molecule has 0 radical (unpaired) electrons. The van der Waals surface area contributed by atoms with Crippen LogP contribution in [-0.2, 0) is 0 Å². The number of rotatable bonds is 0. The normalized spacial score (nSPS) is 10.7. The molecule has 0 aliphatic carbocycles. The summed E-state index contributed by atoms with van der Waals surface area (Å²) in [5.74, 6) is 0. The molecule has 0 spiro atoms. The summed E-state index contributed by atoms with van der Waals surface area (Å²) in [6.07, 6.45) is 1.79. The molecule has 0 bridgehead atoms. The van der Waals surface area contributed by atoms with Gasteiger partial charge in [-0.25, -0.2) is 0 Å². The third-order valence-corrected chi connectivity index (χ3v) is 2.77. The highest BCUT2D eigenvalue weighted by molar-refractivity contribution is 9.10. The van der Waals surface area contributed by atoms with Crippen molar-refractivity contribution < 1.29 is 0 Å². The Kier molecular flexibility index (Phi) is 2.26. The number of hydrogen-bond acceptors (Lipinski definition) is 1. The van der Waals surface area contributed by atoms with Crippen molar-refractivity contribution in [1.29, 1.82) is 0 Å². The third kappa shape index (κ3) is 1.69. The lowest BCUT2D eigenvalue weighted by Crippen LogP contribution is -1.81. The van der Waals surface area contributed by atoms with Crippen LogP contribution in [0.25, 0.3) is 10.9 Å². The summed E-state index contributed by atoms with van der Waals surface area (Å²) in [6.45, 7) is 1.98. The molecule has 0 unspecified atom stereocenters. The number of aryl methyl sites for hydroxylation is 1. The second-order valence-electron chi connectivity index (χ2n) is 2.95. The van der Waals surface area contributed by atoms with Crippen LogP contribution in [-0.4, -0.2) is 4.98 Å². The summed E-state index contributed by atoms with van der Waals surface area (Å²) in [6, 6.07) is 5.93. The Morgan fingerprint density at radius 2 is 2.08 bits per heavy atom. The summed E-state index contributed by atoms with van der Waals surface area (Å²) < 4.78 is 0.972. The van der Waals surface area contributed by atoms with Crippen molar-refractivity contribution >= 4 is 38.4 Å². The molecule has 66 valence electrons. The average Bonchev–Trinajstić information content (AvgIpc) is 2.08. The zero-order chi connectivity index (χ0) is 9.42. The predicted molar refractivity (Wildman–Crippen MR) is 59.2 cm³/mol. The van der Waals surface area contributed by atoms with Gasteiger partial charge in [-0.3, -0.25) is 4.98 Å². The van der Waals surface area contributed by atoms with E-state index in [1.54, 1.807) is 6.20 Å². The predicted octanol–water partition coefficient (Wildman–Crippen LogP) is 3.96. The van der Waals surface area contributed by atoms with Crippen LogP contribution in [0, 0.1) is 6.92 Å². The molecule has 2 aromatic rings. The fourth-order valence-corrected chi connectivity index (χ4v) is 1.75. The van der Waals surface area contributed by atoms with E-state index < -0.39 is 0 Å². The van der Waals surface area contributed by atoms with Gasteiger partial charge in [-0.05, 0) is 46.6 Å². The van der Waals surface area contributed by atoms with Crippen molar-refractivity contribution in [3.63, 3.8) is 0 Å². The third-order valence-electron chi connectivity index (χ3n) is 1.93. The lowest BCUT2D eigenvalue weighted by molar-refractivity contribution is 1.37. The number of benzene rings is 1. The number of aromatic nitrogens is 1. The van der Waals surface area contributed by atoms with Crippen LogP contribution in [0.2, 0.25) is 5.02 Å². The van der Waals surface area contributed by atoms with Crippen LogP contribution in [0.4, 0.5) is 0 Å². The molecule has 3 heteroatoms. The minimum absolute atomic E-state index is 0.785. The van der Waals surface area contributed by atoms with E-state index in [0.29, 0.717) is 0 Å². The Morgan fingerprint density at radius 3 is 2.85 bits per heavy atom. The molecular formula is C10H7BrClN. The van der Waals surface area contributed by atoms with E-state index >= 15 is 0 Å². The Bertz CT molecular complexity index is 468. The van der Waals surface area contributed by atoms with E-state index in [4.69, 9.17) is 11.6 Å². The van der Waals surface area contributed by atoms with Gasteiger partial charge in [0.2, 0.25) is 0 Å². The molecule has 0 aliphatic heterocycles. The second-order valence-corrected chi connectivity index (χ2v) is 4.27. The first kappa shape index (κ1) is 8.97. The van der Waals surface area contributed by atoms with Crippen LogP contribution >= 0.6 is 27.5 Å². The van der Waals surface area contributed by atoms with Crippen molar-refractivity contribution in [2.45, 2.75) is 6.92 Å². The minimum Gasteiger partial charge on any atom is -0.255 e. The molecule has 0 atom stereocenters. The molecular weight excluding hydrogens is 249 g/mol. The monoisotopic (exact) mass is 255 g/mol. The first-order chi connectivity index (χ1) is 6.16. The van der Waals surface area contributed by atoms with Gasteiger partial charge in [0.1, 0.15) is 0 Å². The maximum absolute atomic E-state index is 6.00. The minimum atomic E-state index is 0.785. The maximum Gasteiger partial charge on any atom is 0.0706 e. The van der Waals surface area contributed by atoms with Gasteiger partial charge in [0.25, 0.3) is 0 Å². The van der Waals surface area contributed by atoms with E-state index in [-0.39, 0.29) is 0 Å². The molecule has 0 saturated heterocycles. The van der Waals surface area contributed by atoms with Crippen molar-refractivity contribution in [3.05, 3.63) is 39.5 Å². The zero-order valence-electron chi connectivity index (χ0n) is 7.01. The van der Waals surface area contributed by atoms with Gasteiger partial charge in [-0.1, -0.05) is 11.6 Å². The summed E-state index contributed by atoms with van der Waals surface area (Å²) in [5.41, 5.74) is 2.04. The quantitative estimate of drug-likeness (QED) is 0.695. The number of hydrogen-bond donors (Lipinski definition) is 0. The first-order valence-corrected chi connectivity index (χ1v) is 5.05. The molecule has 1 aromatic carbocycles. The van der Waals surface area contributed by atoms with Crippen LogP contribution in [0.3, 0.4) is 0 Å². The Morgan fingerprint density at radius 1 is 1.31 bits per heavy atom. The van der Waals surface area contributed by atoms with Crippen molar-refractivity contribution in [3.8, 4) is 0 Å². The Hall–Kier alpha value is -0.600. The highest BCUT2D eigenvalue weighted by atomic mass is 79.9. The van der Waals surface area contributed by atoms with E-state index in [0.717, 1.165) is 26.0 Å². The van der Waals surface area contributed by atoms with Gasteiger partial charge >= 0.3 is 0 Å². The summed E-state index contributed by atoms with van der Waals surface area (Å²) in [5, 5.41) is 1.84. The zero-order valence-corrected chi connectivity index (χ0v) is 9.35. The largest absolute Gasteiger partial charge is 0.255 e. The maximum atomic E-state index is 6.00. The van der Waals surface area contributed by atoms with Crippen molar-refractivity contribution in [1.82, 2.24) is 4.98 Å². The van der Waals surface area contributed by atoms with Gasteiger partial charge in [-0.2, -0.15) is 0 Å². The van der Waals surface area contributed by atoms with E-state index in [2.05, 4.69) is 20.9 Å². The number of halogens is 2. The number of nitrogens with zero attached hydrogens (tertiary/aromatic N) is 1. The highest BCUT2D eigenvalue weighted by Gasteiger charge is 2.00. The van der Waals surface area contributed by atoms with Crippen LogP contribution < -0.4 is 0 Å². The lowest BCUT2D eigenvalue weighted by atomic mass is 10.1. The van der Waals surface area contributed by atoms with Crippen LogP contribution in [0.15, 0.2) is 28.9 Å². The summed E-state index contributed by atoms with van der Waals surface area (Å²) >= 11 is 9.37. The average molecular weight is 257 g/mol. The first-order valence-electron chi connectivity index (χ1n) is 3.88. The van der Waals surface area contributed by atoms with Crippen LogP contribution in [0.1, 0.15) is 5.56 Å². The summed E-state index contributed by atoms with van der Waals surface area (Å²) in [7, 11) is 0. The van der Waals surface area contributed by atoms with E-state index in [9.17, 15) is 0 Å². The molecule has 13 heavy (non-hydrogen) atoms. The SMILES string of the molecule is Cc1cc2ncc(Br)cc2cc1Cl. The van der Waals surface area contributed by atoms with E-state index in [1.807, 2.05) is 25.1 Å². The molecule has 0 saturated carbocycles. The Balaban J connectivity index is 2.81. The molecule has 0 aliphatic rings. The van der Waals surface area contributed by atoms with E-state index in [1.165, 1.54) is 0 Å². The van der Waals surface area contributed by atoms with Gasteiger partial charge < -0.3 is 0 Å². The van der Waals surface area contributed by atoms with Crippen molar-refractivity contribution in [2.24, 2.45) is 0 Å². The standard InChI is InChI=1S/C10H7BrClN/c1-6-2-10-7(4-9(6)12)3-8(11)5-13-10/h2-5H,1H3. The molecule has 1 aromatic heterocycles. The fourth-order valence-electron chi connectivity index (χ4n) is 1.23. The van der Waals surface area contributed by atoms with Gasteiger partial charge in [-0.15, -0.1) is 0 Å². The van der Waals surface area contributed by atoms with Crippen molar-refractivity contribution in [2.75, 3.05) is 0 Å².